The van der Waals surface area contributed by atoms with Gasteiger partial charge in [0.15, 0.2) is 23.0 Å². The Hall–Kier alpha value is -8.91. The van der Waals surface area contributed by atoms with E-state index in [9.17, 15) is 63.6 Å². The van der Waals surface area contributed by atoms with Gasteiger partial charge in [0, 0.05) is 130 Å². The smallest absolute Gasteiger partial charge is 0.319 e. The Labute approximate surface area is 445 Å². The maximum atomic E-state index is 13.8. The molecule has 0 saturated heterocycles. The summed E-state index contributed by atoms with van der Waals surface area (Å²) >= 11 is 4.63. The Balaban J connectivity index is 1.37. The number of benzene rings is 1. The molecule has 0 radical (unpaired) electrons. The highest BCUT2D eigenvalue weighted by Gasteiger charge is 2.24. The van der Waals surface area contributed by atoms with Gasteiger partial charge in [0.2, 0.25) is 0 Å². The summed E-state index contributed by atoms with van der Waals surface area (Å²) in [5.74, 6) is -6.02. The van der Waals surface area contributed by atoms with E-state index in [1.54, 1.807) is 24.3 Å². The van der Waals surface area contributed by atoms with E-state index in [4.69, 9.17) is 0 Å². The lowest BCUT2D eigenvalue weighted by Gasteiger charge is -2.31. The summed E-state index contributed by atoms with van der Waals surface area (Å²) in [4.78, 5) is 124. The van der Waals surface area contributed by atoms with Gasteiger partial charge in [-0.2, -0.15) is 4.99 Å². The lowest BCUT2D eigenvalue weighted by Crippen LogP contribution is -2.49. The molecule has 5 rings (SSSR count). The molecular weight excluding hydrogens is 1020 g/mol. The van der Waals surface area contributed by atoms with Crippen molar-refractivity contribution in [1.82, 2.24) is 54.7 Å². The zero-order chi connectivity index (χ0) is 56.3. The number of carbonyl (C=O) groups excluding carboxylic acids is 5. The van der Waals surface area contributed by atoms with Gasteiger partial charge in [-0.3, -0.25) is 48.2 Å². The number of unbranched alkanes of at least 4 members (excludes halogenated alkanes) is 1. The number of nitrogens with zero attached hydrogens (tertiary/aromatic N) is 7. The number of nitrogens with one attached hydrogen (secondary N) is 6. The van der Waals surface area contributed by atoms with Gasteiger partial charge in [-0.05, 0) is 80.0 Å². The van der Waals surface area contributed by atoms with E-state index in [2.05, 4.69) is 54.3 Å². The fraction of sp³-hybridized carbons (Fsp3) is 0.360. The number of aryl methyl sites for hydroxylation is 4. The minimum Gasteiger partial charge on any atom is -0.502 e. The Morgan fingerprint density at radius 1 is 0.532 bits per heavy atom. The maximum absolute atomic E-state index is 13.8. The summed E-state index contributed by atoms with van der Waals surface area (Å²) in [5.41, 5.74) is -3.16. The van der Waals surface area contributed by atoms with Crippen LogP contribution in [-0.4, -0.2) is 155 Å². The van der Waals surface area contributed by atoms with E-state index in [0.717, 1.165) is 18.3 Å². The van der Waals surface area contributed by atoms with Crippen LogP contribution in [0.4, 0.5) is 16.2 Å². The molecule has 0 aliphatic heterocycles. The van der Waals surface area contributed by atoms with Crippen LogP contribution in [0.1, 0.15) is 60.7 Å². The minimum absolute atomic E-state index is 0.0342. The van der Waals surface area contributed by atoms with Crippen LogP contribution in [0.15, 0.2) is 97.5 Å². The molecular formula is C50H61N13O13S. The van der Waals surface area contributed by atoms with Crippen LogP contribution in [-0.2, 0) is 28.2 Å². The third-order valence-electron chi connectivity index (χ3n) is 12.2. The summed E-state index contributed by atoms with van der Waals surface area (Å²) in [6.07, 6.45) is 6.46. The number of rotatable bonds is 26. The second kappa shape index (κ2) is 28.1. The molecule has 26 nitrogen and oxygen atoms in total. The minimum atomic E-state index is -0.806. The zero-order valence-corrected chi connectivity index (χ0v) is 43.5. The predicted octanol–water partition coefficient (Wildman–Crippen LogP) is 0.0225. The Morgan fingerprint density at radius 2 is 0.922 bits per heavy atom. The number of pyridine rings is 4. The molecule has 77 heavy (non-hydrogen) atoms. The highest BCUT2D eigenvalue weighted by molar-refractivity contribution is 7.78. The standard InChI is InChI=1S/C50H61N13O13S/c1-58-20-12-34(38(64)46(58)72)42(68)51-17-24-62(25-18-52-43(69)35-13-21-59(2)47(73)39(35)65)27-28-63(26-19-53-44(70)36-14-22-60(3)48(74)40(36)66)29-33(56-45(71)37-15-23-61(4)49(75)41(37)67)7-5-6-16-54-50(76)57-32-10-8-31(9-11-32)55-30-77/h8-15,20-23,33,64-67H,5-7,16-19,24-29H2,1-4H3,(H,51,68)(H,52,69)(H,53,70)(H,56,71)(H2,54,57,76). The molecule has 0 fully saturated rings. The molecule has 1 atom stereocenters. The van der Waals surface area contributed by atoms with Crippen molar-refractivity contribution in [2.45, 2.75) is 25.3 Å². The summed E-state index contributed by atoms with van der Waals surface area (Å²) in [6, 6.07) is 10.5. The normalized spacial score (nSPS) is 11.4. The van der Waals surface area contributed by atoms with E-state index in [1.807, 2.05) is 9.80 Å². The van der Waals surface area contributed by atoms with Gasteiger partial charge in [0.25, 0.3) is 45.9 Å². The molecule has 5 aromatic rings. The second-order valence-corrected chi connectivity index (χ2v) is 17.9. The lowest BCUT2D eigenvalue weighted by molar-refractivity contribution is 0.0900. The average molecular weight is 1080 g/mol. The van der Waals surface area contributed by atoms with Crippen LogP contribution in [0.2, 0.25) is 0 Å². The Bertz CT molecular complexity index is 3170. The molecule has 6 amide bonds. The number of urea groups is 1. The van der Waals surface area contributed by atoms with E-state index in [0.29, 0.717) is 30.6 Å². The number of anilines is 1. The van der Waals surface area contributed by atoms with Crippen LogP contribution in [0.5, 0.6) is 23.0 Å². The largest absolute Gasteiger partial charge is 0.502 e. The molecule has 0 aliphatic carbocycles. The van der Waals surface area contributed by atoms with Gasteiger partial charge in [-0.25, -0.2) is 4.79 Å². The maximum Gasteiger partial charge on any atom is 0.319 e. The first-order valence-electron chi connectivity index (χ1n) is 24.1. The molecule has 4 heterocycles. The number of hydrogen-bond acceptors (Lipinski definition) is 17. The van der Waals surface area contributed by atoms with Gasteiger partial charge in [0.05, 0.1) is 33.1 Å². The number of aromatic hydroxyl groups is 4. The van der Waals surface area contributed by atoms with Crippen molar-refractivity contribution in [3.63, 3.8) is 0 Å². The SMILES string of the molecule is Cn1ccc(C(=O)NCCN(CCNC(=O)c2ccn(C)c(=O)c2O)CCN(CCNC(=O)c2ccn(C)c(=O)c2O)CC(CCCCNC(=O)Nc2ccc(N=C=S)cc2)NC(=O)c2ccn(C)c(=O)c2O)c(O)c1=O. The van der Waals surface area contributed by atoms with Crippen molar-refractivity contribution in [2.75, 3.05) is 70.8 Å². The molecule has 410 valence electrons. The van der Waals surface area contributed by atoms with Crippen molar-refractivity contribution in [1.29, 1.82) is 0 Å². The molecule has 0 spiro atoms. The zero-order valence-electron chi connectivity index (χ0n) is 42.7. The molecule has 1 aromatic carbocycles. The number of aliphatic imine (C=N–C) groups is 1. The molecule has 0 saturated carbocycles. The monoisotopic (exact) mass is 1080 g/mol. The first kappa shape index (κ1) is 59.0. The number of hydrogen-bond donors (Lipinski definition) is 10. The highest BCUT2D eigenvalue weighted by Crippen LogP contribution is 2.17. The average Bonchev–Trinajstić information content (AvgIpc) is 3.40. The third kappa shape index (κ3) is 16.5. The van der Waals surface area contributed by atoms with E-state index < -0.39 is 80.9 Å². The van der Waals surface area contributed by atoms with Gasteiger partial charge < -0.3 is 70.6 Å². The summed E-state index contributed by atoms with van der Waals surface area (Å²) < 4.78 is 4.41. The fourth-order valence-electron chi connectivity index (χ4n) is 7.72. The molecule has 0 bridgehead atoms. The van der Waals surface area contributed by atoms with Crippen molar-refractivity contribution in [3.05, 3.63) is 137 Å². The molecule has 0 aliphatic rings. The van der Waals surface area contributed by atoms with E-state index in [1.165, 1.54) is 77.2 Å². The fourth-order valence-corrected chi connectivity index (χ4v) is 7.83. The summed E-state index contributed by atoms with van der Waals surface area (Å²) in [7, 11) is 5.63. The highest BCUT2D eigenvalue weighted by atomic mass is 32.1. The van der Waals surface area contributed by atoms with Crippen molar-refractivity contribution < 1.29 is 44.4 Å². The molecule has 27 heteroatoms. The number of carbonyl (C=O) groups is 5. The number of isothiocyanates is 1. The van der Waals surface area contributed by atoms with E-state index >= 15 is 0 Å². The first-order valence-corrected chi connectivity index (χ1v) is 24.5. The summed E-state index contributed by atoms with van der Waals surface area (Å²) in [5, 5.41) is 60.8. The molecule has 1 unspecified atom stereocenters. The summed E-state index contributed by atoms with van der Waals surface area (Å²) in [6.45, 7) is 0.856. The quantitative estimate of drug-likeness (QED) is 0.0198. The Kier molecular flexibility index (Phi) is 21.5. The third-order valence-corrected chi connectivity index (χ3v) is 12.3. The van der Waals surface area contributed by atoms with Crippen LogP contribution in [0.3, 0.4) is 0 Å². The van der Waals surface area contributed by atoms with Crippen LogP contribution >= 0.6 is 12.2 Å². The number of aromatic nitrogens is 4. The molecule has 10 N–H and O–H groups in total. The van der Waals surface area contributed by atoms with Crippen LogP contribution in [0, 0.1) is 0 Å². The number of amides is 6. The van der Waals surface area contributed by atoms with Gasteiger partial charge >= 0.3 is 6.03 Å². The van der Waals surface area contributed by atoms with Gasteiger partial charge in [0.1, 0.15) is 0 Å². The van der Waals surface area contributed by atoms with Crippen LogP contribution < -0.4 is 54.1 Å². The molecule has 4 aromatic heterocycles. The Morgan fingerprint density at radius 3 is 1.34 bits per heavy atom. The number of thiocarbonyl (C=S) groups is 1. The topological polar surface area (TPSA) is 345 Å². The van der Waals surface area contributed by atoms with Crippen LogP contribution in [0.25, 0.3) is 0 Å². The lowest BCUT2D eigenvalue weighted by atomic mass is 10.1. The van der Waals surface area contributed by atoms with Crippen molar-refractivity contribution >= 4 is 58.4 Å². The first-order chi connectivity index (χ1) is 36.7. The van der Waals surface area contributed by atoms with Gasteiger partial charge in [-0.15, -0.1) is 0 Å². The van der Waals surface area contributed by atoms with Gasteiger partial charge in [-0.1, -0.05) is 0 Å². The predicted molar refractivity (Wildman–Crippen MR) is 287 cm³/mol. The van der Waals surface area contributed by atoms with E-state index in [-0.39, 0.29) is 87.7 Å². The second-order valence-electron chi connectivity index (χ2n) is 17.7. The van der Waals surface area contributed by atoms with Crippen molar-refractivity contribution in [3.8, 4) is 23.0 Å². The van der Waals surface area contributed by atoms with Crippen molar-refractivity contribution in [2.24, 2.45) is 33.2 Å².